The van der Waals surface area contributed by atoms with Gasteiger partial charge in [0.15, 0.2) is 0 Å². The Kier molecular flexibility index (Phi) is 4.59. The Morgan fingerprint density at radius 3 is 2.76 bits per heavy atom. The molecule has 7 heteroatoms. The first-order chi connectivity index (χ1) is 9.97. The van der Waals surface area contributed by atoms with Crippen molar-refractivity contribution in [1.29, 1.82) is 0 Å². The van der Waals surface area contributed by atoms with Crippen molar-refractivity contribution < 1.29 is 9.13 Å². The van der Waals surface area contributed by atoms with Crippen LogP contribution in [0.3, 0.4) is 0 Å². The Morgan fingerprint density at radius 1 is 1.38 bits per heavy atom. The second-order valence-electron chi connectivity index (χ2n) is 4.59. The summed E-state index contributed by atoms with van der Waals surface area (Å²) < 4.78 is 19.5. The molecule has 2 aromatic rings. The summed E-state index contributed by atoms with van der Waals surface area (Å²) in [4.78, 5) is 26.8. The lowest BCUT2D eigenvalue weighted by molar-refractivity contribution is 0.159. The van der Waals surface area contributed by atoms with Gasteiger partial charge in [-0.15, -0.1) is 0 Å². The highest BCUT2D eigenvalue weighted by Gasteiger charge is 2.17. The second kappa shape index (κ2) is 6.24. The number of hydrogen-bond donors (Lipinski definition) is 1. The summed E-state index contributed by atoms with van der Waals surface area (Å²) in [6, 6.07) is 3.71. The molecule has 1 aromatic heterocycles. The quantitative estimate of drug-likeness (QED) is 0.941. The zero-order chi connectivity index (χ0) is 15.6. The van der Waals surface area contributed by atoms with Gasteiger partial charge in [0.1, 0.15) is 5.82 Å². The van der Waals surface area contributed by atoms with Crippen LogP contribution in [-0.4, -0.2) is 23.3 Å². The zero-order valence-corrected chi connectivity index (χ0v) is 12.3. The fraction of sp³-hybridized carbons (Fsp3) is 0.286. The van der Waals surface area contributed by atoms with Crippen molar-refractivity contribution in [2.75, 3.05) is 13.7 Å². The van der Waals surface area contributed by atoms with Gasteiger partial charge in [-0.25, -0.2) is 9.18 Å². The van der Waals surface area contributed by atoms with Crippen molar-refractivity contribution >= 4 is 11.6 Å². The van der Waals surface area contributed by atoms with E-state index in [0.717, 1.165) is 4.57 Å². The van der Waals surface area contributed by atoms with Gasteiger partial charge in [-0.3, -0.25) is 9.36 Å². The molecule has 0 amide bonds. The molecule has 0 spiro atoms. The van der Waals surface area contributed by atoms with Crippen LogP contribution in [0.1, 0.15) is 13.0 Å². The average Bonchev–Trinajstić information content (AvgIpc) is 2.43. The van der Waals surface area contributed by atoms with E-state index >= 15 is 0 Å². The molecule has 1 aromatic carbocycles. The third kappa shape index (κ3) is 2.91. The zero-order valence-electron chi connectivity index (χ0n) is 11.5. The number of nitrogens with zero attached hydrogens (tertiary/aromatic N) is 1. The molecule has 0 fully saturated rings. The van der Waals surface area contributed by atoms with Crippen molar-refractivity contribution in [3.05, 3.63) is 56.1 Å². The Hall–Kier alpha value is -1.92. The monoisotopic (exact) mass is 312 g/mol. The van der Waals surface area contributed by atoms with E-state index in [2.05, 4.69) is 4.98 Å². The Balaban J connectivity index is 2.67. The number of hydrogen-bond acceptors (Lipinski definition) is 3. The number of rotatable bonds is 4. The van der Waals surface area contributed by atoms with E-state index in [-0.39, 0.29) is 22.8 Å². The molecule has 1 N–H and O–H groups in total. The lowest BCUT2D eigenvalue weighted by Gasteiger charge is -2.14. The molecule has 0 unspecified atom stereocenters. The summed E-state index contributed by atoms with van der Waals surface area (Å²) >= 11 is 5.89. The maximum Gasteiger partial charge on any atom is 0.328 e. The number of ether oxygens (including phenoxy) is 1. The van der Waals surface area contributed by atoms with Gasteiger partial charge in [0.2, 0.25) is 0 Å². The molecule has 0 bridgehead atoms. The number of aromatic nitrogens is 2. The van der Waals surface area contributed by atoms with Crippen LogP contribution in [0.5, 0.6) is 0 Å². The summed E-state index contributed by atoms with van der Waals surface area (Å²) in [5, 5.41) is -0.160. The van der Waals surface area contributed by atoms with Crippen LogP contribution in [0, 0.1) is 5.82 Å². The topological polar surface area (TPSA) is 64.1 Å². The lowest BCUT2D eigenvalue weighted by Crippen LogP contribution is -2.39. The van der Waals surface area contributed by atoms with Crippen LogP contribution in [0.15, 0.2) is 34.0 Å². The molecule has 0 radical (unpaired) electrons. The molecule has 2 rings (SSSR count). The van der Waals surface area contributed by atoms with Crippen molar-refractivity contribution in [3.8, 4) is 11.1 Å². The molecule has 0 aliphatic carbocycles. The van der Waals surface area contributed by atoms with Crippen LogP contribution in [0.25, 0.3) is 11.1 Å². The second-order valence-corrected chi connectivity index (χ2v) is 4.97. The first-order valence-electron chi connectivity index (χ1n) is 6.25. The highest BCUT2D eigenvalue weighted by atomic mass is 35.5. The van der Waals surface area contributed by atoms with Gasteiger partial charge in [-0.05, 0) is 13.0 Å². The van der Waals surface area contributed by atoms with E-state index in [9.17, 15) is 14.0 Å². The number of aromatic amines is 1. The van der Waals surface area contributed by atoms with E-state index in [0.29, 0.717) is 0 Å². The van der Waals surface area contributed by atoms with Crippen LogP contribution in [-0.2, 0) is 4.74 Å². The molecule has 0 saturated heterocycles. The molecule has 0 saturated carbocycles. The molecular formula is C14H14ClFN2O3. The Labute approximate surface area is 125 Å². The predicted molar refractivity (Wildman–Crippen MR) is 78.3 cm³/mol. The van der Waals surface area contributed by atoms with Gasteiger partial charge in [0.25, 0.3) is 5.56 Å². The van der Waals surface area contributed by atoms with Crippen LogP contribution >= 0.6 is 11.6 Å². The van der Waals surface area contributed by atoms with Gasteiger partial charge in [-0.2, -0.15) is 0 Å². The SMILES string of the molecule is COC[C@H](C)n1c(=O)[nH]cc(-c2cccc(F)c2Cl)c1=O. The van der Waals surface area contributed by atoms with Crippen molar-refractivity contribution in [2.45, 2.75) is 13.0 Å². The van der Waals surface area contributed by atoms with Crippen molar-refractivity contribution in [3.63, 3.8) is 0 Å². The first kappa shape index (κ1) is 15.5. The highest BCUT2D eigenvalue weighted by Crippen LogP contribution is 2.27. The van der Waals surface area contributed by atoms with E-state index < -0.39 is 23.1 Å². The van der Waals surface area contributed by atoms with Crippen molar-refractivity contribution in [2.24, 2.45) is 0 Å². The largest absolute Gasteiger partial charge is 0.383 e. The van der Waals surface area contributed by atoms with Crippen molar-refractivity contribution in [1.82, 2.24) is 9.55 Å². The summed E-state index contributed by atoms with van der Waals surface area (Å²) in [6.45, 7) is 1.88. The predicted octanol–water partition coefficient (Wildman–Crippen LogP) is 2.20. The molecule has 1 heterocycles. The molecular weight excluding hydrogens is 299 g/mol. The van der Waals surface area contributed by atoms with E-state index in [4.69, 9.17) is 16.3 Å². The molecule has 21 heavy (non-hydrogen) atoms. The number of halogens is 2. The van der Waals surface area contributed by atoms with E-state index in [1.807, 2.05) is 0 Å². The summed E-state index contributed by atoms with van der Waals surface area (Å²) in [5.41, 5.74) is -0.741. The van der Waals surface area contributed by atoms with Gasteiger partial charge >= 0.3 is 5.69 Å². The lowest BCUT2D eigenvalue weighted by atomic mass is 10.1. The fourth-order valence-electron chi connectivity index (χ4n) is 2.11. The fourth-order valence-corrected chi connectivity index (χ4v) is 2.34. The highest BCUT2D eigenvalue weighted by molar-refractivity contribution is 6.33. The van der Waals surface area contributed by atoms with Crippen LogP contribution in [0.2, 0.25) is 5.02 Å². The number of H-pyrrole nitrogens is 1. The minimum absolute atomic E-state index is 0.127. The molecule has 0 aliphatic rings. The average molecular weight is 313 g/mol. The molecule has 112 valence electrons. The molecule has 0 aliphatic heterocycles. The summed E-state index contributed by atoms with van der Waals surface area (Å²) in [6.07, 6.45) is 1.24. The molecule has 1 atom stereocenters. The standard InChI is InChI=1S/C14H14ClFN2O3/c1-8(7-21-2)18-13(19)10(6-17-14(18)20)9-4-3-5-11(16)12(9)15/h3-6,8H,7H2,1-2H3,(H,17,20)/t8-/m0/s1. The minimum Gasteiger partial charge on any atom is -0.383 e. The first-order valence-corrected chi connectivity index (χ1v) is 6.62. The maximum atomic E-state index is 13.5. The van der Waals surface area contributed by atoms with Gasteiger partial charge in [0, 0.05) is 18.9 Å². The van der Waals surface area contributed by atoms with Crippen LogP contribution < -0.4 is 11.2 Å². The number of methoxy groups -OCH3 is 1. The normalized spacial score (nSPS) is 12.4. The van der Waals surface area contributed by atoms with Gasteiger partial charge in [-0.1, -0.05) is 23.7 Å². The van der Waals surface area contributed by atoms with Gasteiger partial charge < -0.3 is 9.72 Å². The summed E-state index contributed by atoms with van der Waals surface area (Å²) in [5.74, 6) is -0.628. The smallest absolute Gasteiger partial charge is 0.328 e. The maximum absolute atomic E-state index is 13.5. The van der Waals surface area contributed by atoms with Gasteiger partial charge in [0.05, 0.1) is 23.2 Å². The minimum atomic E-state index is -0.628. The van der Waals surface area contributed by atoms with Crippen LogP contribution in [0.4, 0.5) is 4.39 Å². The van der Waals surface area contributed by atoms with E-state index in [1.54, 1.807) is 6.92 Å². The van der Waals surface area contributed by atoms with E-state index in [1.165, 1.54) is 31.5 Å². The Bertz CT molecular complexity index is 770. The third-order valence-electron chi connectivity index (χ3n) is 3.10. The number of nitrogens with one attached hydrogen (secondary N) is 1. The Morgan fingerprint density at radius 2 is 2.10 bits per heavy atom. The third-order valence-corrected chi connectivity index (χ3v) is 3.48. The number of benzene rings is 1. The molecule has 5 nitrogen and oxygen atoms in total. The summed E-state index contributed by atoms with van der Waals surface area (Å²) in [7, 11) is 1.48.